The Balaban J connectivity index is 2.15. The molecule has 0 radical (unpaired) electrons. The highest BCUT2D eigenvalue weighted by molar-refractivity contribution is 5.98. The summed E-state index contributed by atoms with van der Waals surface area (Å²) >= 11 is 0. The first-order chi connectivity index (χ1) is 11.6. The number of hydrogen-bond donors (Lipinski definition) is 0. The number of rotatable bonds is 7. The Hall–Kier alpha value is -3.20. The molecule has 0 aliphatic heterocycles. The molecule has 0 aliphatic carbocycles. The van der Waals surface area contributed by atoms with Crippen LogP contribution >= 0.6 is 0 Å². The molecule has 124 valence electrons. The predicted octanol–water partition coefficient (Wildman–Crippen LogP) is 2.85. The molecule has 0 fully saturated rings. The molecular formula is C18H17NO5. The summed E-state index contributed by atoms with van der Waals surface area (Å²) in [5.41, 5.74) is 0.913. The zero-order chi connectivity index (χ0) is 17.5. The molecule has 0 N–H and O–H groups in total. The number of nitriles is 1. The minimum Gasteiger partial charge on any atom is -0.493 e. The predicted molar refractivity (Wildman–Crippen MR) is 87.1 cm³/mol. The average molecular weight is 327 g/mol. The standard InChI is InChI=1S/C18H17NO5/c1-21-16-8-13(9-17(22-2)18(16)23-3)15(20)11-24-14-6-4-12(10-19)5-7-14/h4-9H,11H2,1-3H3. The van der Waals surface area contributed by atoms with Crippen LogP contribution < -0.4 is 18.9 Å². The number of Topliss-reactive ketones (excluding diaryl/α,β-unsaturated/α-hetero) is 1. The Labute approximate surface area is 140 Å². The number of ketones is 1. The van der Waals surface area contributed by atoms with E-state index in [2.05, 4.69) is 0 Å². The molecule has 0 spiro atoms. The lowest BCUT2D eigenvalue weighted by atomic mass is 10.1. The van der Waals surface area contributed by atoms with E-state index in [9.17, 15) is 4.79 Å². The van der Waals surface area contributed by atoms with Crippen LogP contribution in [0.3, 0.4) is 0 Å². The van der Waals surface area contributed by atoms with Gasteiger partial charge in [-0.15, -0.1) is 0 Å². The maximum atomic E-state index is 12.3. The number of carbonyl (C=O) groups excluding carboxylic acids is 1. The summed E-state index contributed by atoms with van der Waals surface area (Å²) in [7, 11) is 4.47. The summed E-state index contributed by atoms with van der Waals surface area (Å²) in [5, 5.41) is 8.76. The van der Waals surface area contributed by atoms with Crippen molar-refractivity contribution >= 4 is 5.78 Å². The summed E-state index contributed by atoms with van der Waals surface area (Å²) in [6, 6.07) is 11.7. The smallest absolute Gasteiger partial charge is 0.203 e. The van der Waals surface area contributed by atoms with Gasteiger partial charge in [-0.1, -0.05) is 0 Å². The van der Waals surface area contributed by atoms with E-state index in [1.54, 1.807) is 36.4 Å². The summed E-state index contributed by atoms with van der Waals surface area (Å²) in [5.74, 6) is 1.50. The van der Waals surface area contributed by atoms with Crippen molar-refractivity contribution in [3.63, 3.8) is 0 Å². The summed E-state index contributed by atoms with van der Waals surface area (Å²) in [4.78, 5) is 12.3. The van der Waals surface area contributed by atoms with Gasteiger partial charge in [-0.05, 0) is 36.4 Å². The van der Waals surface area contributed by atoms with Crippen molar-refractivity contribution in [1.29, 1.82) is 5.26 Å². The highest BCUT2D eigenvalue weighted by Crippen LogP contribution is 2.38. The van der Waals surface area contributed by atoms with Crippen molar-refractivity contribution in [1.82, 2.24) is 0 Å². The third-order valence-corrected chi connectivity index (χ3v) is 3.34. The largest absolute Gasteiger partial charge is 0.493 e. The van der Waals surface area contributed by atoms with Crippen molar-refractivity contribution in [2.45, 2.75) is 0 Å². The fraction of sp³-hybridized carbons (Fsp3) is 0.222. The molecule has 0 atom stereocenters. The number of methoxy groups -OCH3 is 3. The molecule has 0 saturated carbocycles. The highest BCUT2D eigenvalue weighted by atomic mass is 16.5. The van der Waals surface area contributed by atoms with Gasteiger partial charge in [-0.3, -0.25) is 4.79 Å². The van der Waals surface area contributed by atoms with Crippen molar-refractivity contribution in [2.24, 2.45) is 0 Å². The zero-order valence-corrected chi connectivity index (χ0v) is 13.7. The van der Waals surface area contributed by atoms with Gasteiger partial charge in [-0.2, -0.15) is 5.26 Å². The second-order valence-corrected chi connectivity index (χ2v) is 4.76. The van der Waals surface area contributed by atoms with E-state index in [4.69, 9.17) is 24.2 Å². The summed E-state index contributed by atoms with van der Waals surface area (Å²) < 4.78 is 21.1. The van der Waals surface area contributed by atoms with Crippen molar-refractivity contribution in [2.75, 3.05) is 27.9 Å². The normalized spacial score (nSPS) is 9.75. The van der Waals surface area contributed by atoms with Gasteiger partial charge in [0.05, 0.1) is 33.0 Å². The Morgan fingerprint density at radius 2 is 1.58 bits per heavy atom. The number of hydrogen-bond acceptors (Lipinski definition) is 6. The minimum absolute atomic E-state index is 0.148. The molecule has 0 unspecified atom stereocenters. The number of nitrogens with zero attached hydrogens (tertiary/aromatic N) is 1. The Morgan fingerprint density at radius 1 is 1.00 bits per heavy atom. The fourth-order valence-electron chi connectivity index (χ4n) is 2.10. The number of carbonyl (C=O) groups is 1. The number of benzene rings is 2. The van der Waals surface area contributed by atoms with Gasteiger partial charge in [0.15, 0.2) is 23.9 Å². The minimum atomic E-state index is -0.237. The van der Waals surface area contributed by atoms with Gasteiger partial charge in [0.25, 0.3) is 0 Å². The molecule has 2 rings (SSSR count). The van der Waals surface area contributed by atoms with Crippen LogP contribution in [0.2, 0.25) is 0 Å². The van der Waals surface area contributed by atoms with E-state index < -0.39 is 0 Å². The first-order valence-corrected chi connectivity index (χ1v) is 7.09. The van der Waals surface area contributed by atoms with E-state index in [1.165, 1.54) is 21.3 Å². The van der Waals surface area contributed by atoms with E-state index in [0.29, 0.717) is 34.1 Å². The second-order valence-electron chi connectivity index (χ2n) is 4.76. The van der Waals surface area contributed by atoms with Crippen molar-refractivity contribution < 1.29 is 23.7 Å². The van der Waals surface area contributed by atoms with Crippen LogP contribution in [0.25, 0.3) is 0 Å². The van der Waals surface area contributed by atoms with Crippen LogP contribution in [0.15, 0.2) is 36.4 Å². The molecule has 24 heavy (non-hydrogen) atoms. The van der Waals surface area contributed by atoms with Gasteiger partial charge in [0, 0.05) is 5.56 Å². The third kappa shape index (κ3) is 3.76. The van der Waals surface area contributed by atoms with Crippen molar-refractivity contribution in [3.05, 3.63) is 47.5 Å². The quantitative estimate of drug-likeness (QED) is 0.728. The van der Waals surface area contributed by atoms with Crippen LogP contribution in [0, 0.1) is 11.3 Å². The first kappa shape index (κ1) is 17.2. The molecule has 6 heteroatoms. The fourth-order valence-corrected chi connectivity index (χ4v) is 2.10. The Kier molecular flexibility index (Phi) is 5.63. The van der Waals surface area contributed by atoms with E-state index in [-0.39, 0.29) is 12.4 Å². The van der Waals surface area contributed by atoms with Gasteiger partial charge < -0.3 is 18.9 Å². The average Bonchev–Trinajstić information content (AvgIpc) is 2.65. The lowest BCUT2D eigenvalue weighted by Gasteiger charge is -2.14. The molecular weight excluding hydrogens is 310 g/mol. The molecule has 0 amide bonds. The lowest BCUT2D eigenvalue weighted by molar-refractivity contribution is 0.0920. The number of ether oxygens (including phenoxy) is 4. The molecule has 0 aliphatic rings. The second kappa shape index (κ2) is 7.88. The lowest BCUT2D eigenvalue weighted by Crippen LogP contribution is -2.12. The van der Waals surface area contributed by atoms with Gasteiger partial charge in [0.2, 0.25) is 5.75 Å². The maximum Gasteiger partial charge on any atom is 0.203 e. The van der Waals surface area contributed by atoms with Gasteiger partial charge >= 0.3 is 0 Å². The zero-order valence-electron chi connectivity index (χ0n) is 13.7. The Bertz CT molecular complexity index is 737. The van der Waals surface area contributed by atoms with E-state index in [0.717, 1.165) is 0 Å². The topological polar surface area (TPSA) is 77.8 Å². The molecule has 2 aromatic carbocycles. The SMILES string of the molecule is COc1cc(C(=O)COc2ccc(C#N)cc2)cc(OC)c1OC. The maximum absolute atomic E-state index is 12.3. The summed E-state index contributed by atoms with van der Waals surface area (Å²) in [6.45, 7) is -0.148. The molecule has 6 nitrogen and oxygen atoms in total. The van der Waals surface area contributed by atoms with Crippen LogP contribution in [-0.2, 0) is 0 Å². The van der Waals surface area contributed by atoms with Gasteiger partial charge in [0.1, 0.15) is 5.75 Å². The van der Waals surface area contributed by atoms with E-state index in [1.807, 2.05) is 6.07 Å². The Morgan fingerprint density at radius 3 is 2.04 bits per heavy atom. The van der Waals surface area contributed by atoms with Crippen LogP contribution in [-0.4, -0.2) is 33.7 Å². The van der Waals surface area contributed by atoms with E-state index >= 15 is 0 Å². The van der Waals surface area contributed by atoms with Crippen LogP contribution in [0.5, 0.6) is 23.0 Å². The monoisotopic (exact) mass is 327 g/mol. The first-order valence-electron chi connectivity index (χ1n) is 7.09. The highest BCUT2D eigenvalue weighted by Gasteiger charge is 2.17. The molecule has 0 saturated heterocycles. The molecule has 0 heterocycles. The van der Waals surface area contributed by atoms with Crippen molar-refractivity contribution in [3.8, 4) is 29.1 Å². The van der Waals surface area contributed by atoms with Crippen LogP contribution in [0.4, 0.5) is 0 Å². The molecule has 2 aromatic rings. The summed E-state index contributed by atoms with van der Waals surface area (Å²) in [6.07, 6.45) is 0. The van der Waals surface area contributed by atoms with Crippen LogP contribution in [0.1, 0.15) is 15.9 Å². The van der Waals surface area contributed by atoms with Gasteiger partial charge in [-0.25, -0.2) is 0 Å². The molecule has 0 aromatic heterocycles. The molecule has 0 bridgehead atoms. The third-order valence-electron chi connectivity index (χ3n) is 3.34.